The second-order valence-corrected chi connectivity index (χ2v) is 11.1. The minimum atomic E-state index is -3.75. The van der Waals surface area contributed by atoms with Gasteiger partial charge in [-0.15, -0.1) is 0 Å². The lowest BCUT2D eigenvalue weighted by molar-refractivity contribution is -0.140. The molecule has 0 aliphatic heterocycles. The molecule has 2 aromatic carbocycles. The van der Waals surface area contributed by atoms with Gasteiger partial charge in [-0.2, -0.15) is 0 Å². The molecule has 0 unspecified atom stereocenters. The van der Waals surface area contributed by atoms with Crippen LogP contribution in [0.2, 0.25) is 0 Å². The Kier molecular flexibility index (Phi) is 9.89. The van der Waals surface area contributed by atoms with Gasteiger partial charge in [0.2, 0.25) is 21.8 Å². The van der Waals surface area contributed by atoms with Crippen LogP contribution in [0, 0.1) is 20.8 Å². The van der Waals surface area contributed by atoms with E-state index in [1.807, 2.05) is 71.9 Å². The minimum Gasteiger partial charge on any atom is -0.352 e. The highest BCUT2D eigenvalue weighted by Gasteiger charge is 2.32. The van der Waals surface area contributed by atoms with E-state index >= 15 is 0 Å². The van der Waals surface area contributed by atoms with E-state index in [1.54, 1.807) is 12.1 Å². The summed E-state index contributed by atoms with van der Waals surface area (Å²) in [6, 6.07) is 12.2. The van der Waals surface area contributed by atoms with Crippen molar-refractivity contribution in [3.05, 3.63) is 64.7 Å². The van der Waals surface area contributed by atoms with Crippen molar-refractivity contribution in [1.82, 2.24) is 10.2 Å². The second-order valence-electron chi connectivity index (χ2n) is 9.23. The molecule has 0 spiro atoms. The van der Waals surface area contributed by atoms with E-state index in [2.05, 4.69) is 5.32 Å². The van der Waals surface area contributed by atoms with Gasteiger partial charge in [-0.3, -0.25) is 13.9 Å². The fourth-order valence-electron chi connectivity index (χ4n) is 3.83. The maximum absolute atomic E-state index is 13.7. The molecule has 0 aliphatic rings. The molecule has 192 valence electrons. The number of nitrogens with zero attached hydrogens (tertiary/aromatic N) is 2. The molecule has 0 heterocycles. The fraction of sp³-hybridized carbons (Fsp3) is 0.481. The van der Waals surface area contributed by atoms with Gasteiger partial charge < -0.3 is 10.2 Å². The molecule has 0 fully saturated rings. The summed E-state index contributed by atoms with van der Waals surface area (Å²) in [6.07, 6.45) is 2.26. The molecular formula is C27H39N3O4S. The normalized spacial score (nSPS) is 13.1. The monoisotopic (exact) mass is 501 g/mol. The van der Waals surface area contributed by atoms with Crippen LogP contribution in [0.3, 0.4) is 0 Å². The third-order valence-electron chi connectivity index (χ3n) is 6.45. The van der Waals surface area contributed by atoms with Crippen molar-refractivity contribution in [3.63, 3.8) is 0 Å². The van der Waals surface area contributed by atoms with E-state index in [4.69, 9.17) is 0 Å². The number of sulfonamides is 1. The van der Waals surface area contributed by atoms with Crippen LogP contribution in [0.25, 0.3) is 0 Å². The lowest BCUT2D eigenvalue weighted by Crippen LogP contribution is -2.53. The highest BCUT2D eigenvalue weighted by atomic mass is 32.2. The Balaban J connectivity index is 2.47. The minimum absolute atomic E-state index is 0.0324. The van der Waals surface area contributed by atoms with E-state index in [9.17, 15) is 18.0 Å². The summed E-state index contributed by atoms with van der Waals surface area (Å²) in [6.45, 7) is 11.4. The van der Waals surface area contributed by atoms with Gasteiger partial charge >= 0.3 is 0 Å². The summed E-state index contributed by atoms with van der Waals surface area (Å²) in [5.74, 6) is -0.663. The van der Waals surface area contributed by atoms with Crippen molar-refractivity contribution in [2.45, 2.75) is 73.0 Å². The summed E-state index contributed by atoms with van der Waals surface area (Å²) >= 11 is 0. The van der Waals surface area contributed by atoms with Crippen LogP contribution in [0.1, 0.15) is 55.9 Å². The fourth-order valence-corrected chi connectivity index (χ4v) is 4.67. The molecule has 0 saturated heterocycles. The number of nitrogens with one attached hydrogen (secondary N) is 1. The highest BCUT2D eigenvalue weighted by Crippen LogP contribution is 2.23. The molecule has 2 rings (SSSR count). The number of carbonyl (C=O) groups excluding carboxylic acids is 2. The van der Waals surface area contributed by atoms with Gasteiger partial charge in [0.25, 0.3) is 0 Å². The smallest absolute Gasteiger partial charge is 0.244 e. The van der Waals surface area contributed by atoms with Gasteiger partial charge in [-0.25, -0.2) is 8.42 Å². The number of rotatable bonds is 11. The van der Waals surface area contributed by atoms with Crippen LogP contribution in [0.4, 0.5) is 5.69 Å². The molecular weight excluding hydrogens is 462 g/mol. The summed E-state index contributed by atoms with van der Waals surface area (Å²) < 4.78 is 26.6. The standard InChI is InChI=1S/C27H39N3O4S/c1-8-22(6)28-27(32)25(9-2)29(17-23-13-11-10-12-20(23)4)26(31)18-30(35(7,33)34)24-15-14-19(3)21(5)16-24/h10-16,22,25H,8-9,17-18H2,1-7H3,(H,28,32)/t22-,25-/m1/s1. The quantitative estimate of drug-likeness (QED) is 0.502. The number of anilines is 1. The number of aryl methyl sites for hydroxylation is 3. The Bertz CT molecular complexity index is 1150. The first-order valence-electron chi connectivity index (χ1n) is 12.1. The lowest BCUT2D eigenvalue weighted by Gasteiger charge is -2.33. The van der Waals surface area contributed by atoms with Gasteiger partial charge in [0, 0.05) is 12.6 Å². The zero-order valence-corrected chi connectivity index (χ0v) is 22.8. The van der Waals surface area contributed by atoms with Crippen molar-refractivity contribution >= 4 is 27.5 Å². The number of amides is 2. The van der Waals surface area contributed by atoms with Crippen LogP contribution in [-0.2, 0) is 26.2 Å². The molecule has 7 nitrogen and oxygen atoms in total. The van der Waals surface area contributed by atoms with Gasteiger partial charge in [-0.1, -0.05) is 44.2 Å². The summed E-state index contributed by atoms with van der Waals surface area (Å²) in [5, 5.41) is 2.98. The number of hydrogen-bond acceptors (Lipinski definition) is 4. The molecule has 0 bridgehead atoms. The molecule has 2 atom stereocenters. The first-order chi connectivity index (χ1) is 16.4. The van der Waals surface area contributed by atoms with Crippen molar-refractivity contribution in [1.29, 1.82) is 0 Å². The highest BCUT2D eigenvalue weighted by molar-refractivity contribution is 7.92. The molecule has 0 aliphatic carbocycles. The second kappa shape index (κ2) is 12.2. The first-order valence-corrected chi connectivity index (χ1v) is 13.9. The van der Waals surface area contributed by atoms with Gasteiger partial charge in [-0.05, 0) is 74.9 Å². The number of benzene rings is 2. The van der Waals surface area contributed by atoms with Crippen molar-refractivity contribution < 1.29 is 18.0 Å². The molecule has 2 amide bonds. The van der Waals surface area contributed by atoms with E-state index in [1.165, 1.54) is 4.90 Å². The molecule has 8 heteroatoms. The van der Waals surface area contributed by atoms with Crippen LogP contribution < -0.4 is 9.62 Å². The average molecular weight is 502 g/mol. The molecule has 1 N–H and O–H groups in total. The molecule has 0 aromatic heterocycles. The lowest BCUT2D eigenvalue weighted by atomic mass is 10.1. The van der Waals surface area contributed by atoms with Crippen molar-refractivity contribution in [3.8, 4) is 0 Å². The Morgan fingerprint density at radius 1 is 0.943 bits per heavy atom. The van der Waals surface area contributed by atoms with Crippen LogP contribution in [-0.4, -0.2) is 50.0 Å². The van der Waals surface area contributed by atoms with E-state index < -0.39 is 22.0 Å². The van der Waals surface area contributed by atoms with Crippen LogP contribution in [0.15, 0.2) is 42.5 Å². The van der Waals surface area contributed by atoms with Gasteiger partial charge in [0.05, 0.1) is 11.9 Å². The van der Waals surface area contributed by atoms with Crippen LogP contribution >= 0.6 is 0 Å². The van der Waals surface area contributed by atoms with Crippen molar-refractivity contribution in [2.75, 3.05) is 17.1 Å². The summed E-state index contributed by atoms with van der Waals surface area (Å²) in [4.78, 5) is 28.4. The molecule has 0 radical (unpaired) electrons. The van der Waals surface area contributed by atoms with Gasteiger partial charge in [0.1, 0.15) is 12.6 Å². The van der Waals surface area contributed by atoms with E-state index in [0.717, 1.165) is 39.2 Å². The number of carbonyl (C=O) groups is 2. The van der Waals surface area contributed by atoms with Crippen molar-refractivity contribution in [2.24, 2.45) is 0 Å². The first kappa shape index (κ1) is 28.4. The largest absolute Gasteiger partial charge is 0.352 e. The maximum atomic E-state index is 13.7. The third-order valence-corrected chi connectivity index (χ3v) is 7.59. The molecule has 2 aromatic rings. The molecule has 0 saturated carbocycles. The Morgan fingerprint density at radius 2 is 1.60 bits per heavy atom. The summed E-state index contributed by atoms with van der Waals surface area (Å²) in [7, 11) is -3.75. The summed E-state index contributed by atoms with van der Waals surface area (Å²) in [5.41, 5.74) is 4.29. The van der Waals surface area contributed by atoms with Crippen LogP contribution in [0.5, 0.6) is 0 Å². The Morgan fingerprint density at radius 3 is 2.14 bits per heavy atom. The predicted octanol–water partition coefficient (Wildman–Crippen LogP) is 4.10. The predicted molar refractivity (Wildman–Crippen MR) is 142 cm³/mol. The number of hydrogen-bond donors (Lipinski definition) is 1. The zero-order valence-electron chi connectivity index (χ0n) is 22.0. The van der Waals surface area contributed by atoms with Gasteiger partial charge in [0.15, 0.2) is 0 Å². The average Bonchev–Trinajstić information content (AvgIpc) is 2.79. The molecule has 35 heavy (non-hydrogen) atoms. The Hall–Kier alpha value is -2.87. The third kappa shape index (κ3) is 7.56. The topological polar surface area (TPSA) is 86.8 Å². The SMILES string of the molecule is CC[C@@H](C)NC(=O)[C@@H](CC)N(Cc1ccccc1C)C(=O)CN(c1ccc(C)c(C)c1)S(C)(=O)=O. The zero-order chi connectivity index (χ0) is 26.3. The van der Waals surface area contributed by atoms with E-state index in [0.29, 0.717) is 12.1 Å². The van der Waals surface area contributed by atoms with E-state index in [-0.39, 0.29) is 25.0 Å². The maximum Gasteiger partial charge on any atom is 0.244 e. The Labute approximate surface area is 210 Å².